The van der Waals surface area contributed by atoms with Crippen molar-refractivity contribution >= 4 is 38.5 Å². The summed E-state index contributed by atoms with van der Waals surface area (Å²) in [6.45, 7) is 0. The van der Waals surface area contributed by atoms with E-state index in [0.717, 1.165) is 14.6 Å². The molecule has 0 saturated carbocycles. The third-order valence-corrected chi connectivity index (χ3v) is 2.85. The number of methoxy groups -OCH3 is 1. The smallest absolute Gasteiger partial charge is 0.136 e. The molecule has 1 aromatic rings. The highest BCUT2D eigenvalue weighted by molar-refractivity contribution is 14.1. The van der Waals surface area contributed by atoms with Crippen LogP contribution in [0.1, 0.15) is 5.56 Å². The first-order chi connectivity index (χ1) is 5.29. The Bertz CT molecular complexity index is 250. The maximum Gasteiger partial charge on any atom is 0.136 e. The second-order valence-electron chi connectivity index (χ2n) is 2.07. The highest BCUT2D eigenvalue weighted by Crippen LogP contribution is 2.26. The van der Waals surface area contributed by atoms with Gasteiger partial charge in [-0.2, -0.15) is 0 Å². The predicted molar refractivity (Wildman–Crippen MR) is 58.3 cm³/mol. The molecule has 0 aliphatic rings. The average molecular weight is 327 g/mol. The van der Waals surface area contributed by atoms with Crippen molar-refractivity contribution in [1.29, 1.82) is 0 Å². The Balaban J connectivity index is 3.13. The van der Waals surface area contributed by atoms with E-state index in [1.807, 2.05) is 12.1 Å². The highest BCUT2D eigenvalue weighted by Gasteiger charge is 2.03. The molecule has 0 heterocycles. The molecule has 1 nitrogen and oxygen atoms in total. The van der Waals surface area contributed by atoms with Gasteiger partial charge in [0.25, 0.3) is 0 Å². The van der Waals surface area contributed by atoms with E-state index in [-0.39, 0.29) is 0 Å². The quantitative estimate of drug-likeness (QED) is 0.599. The second-order valence-corrected chi connectivity index (χ2v) is 3.79. The average Bonchev–Trinajstić information content (AvgIpc) is 2.04. The van der Waals surface area contributed by atoms with Gasteiger partial charge >= 0.3 is 0 Å². The molecule has 0 amide bonds. The molecule has 0 N–H and O–H groups in total. The van der Waals surface area contributed by atoms with Gasteiger partial charge in [0, 0.05) is 10.9 Å². The van der Waals surface area contributed by atoms with Gasteiger partial charge in [0.1, 0.15) is 5.75 Å². The Labute approximate surface area is 88.4 Å². The Hall–Kier alpha value is 0.230. The Morgan fingerprint density at radius 3 is 2.73 bits per heavy atom. The van der Waals surface area contributed by atoms with E-state index < -0.39 is 0 Å². The normalized spacial score (nSPS) is 9.73. The molecule has 60 valence electrons. The summed E-state index contributed by atoms with van der Waals surface area (Å²) in [5.41, 5.74) is 1.19. The third kappa shape index (κ3) is 2.08. The SMILES string of the molecule is COc1c(I)cccc1CBr. The van der Waals surface area contributed by atoms with Crippen LogP contribution in [0, 0.1) is 3.57 Å². The first kappa shape index (κ1) is 9.32. The molecule has 0 bridgehead atoms. The van der Waals surface area contributed by atoms with Crippen molar-refractivity contribution in [3.8, 4) is 5.75 Å². The van der Waals surface area contributed by atoms with Crippen LogP contribution < -0.4 is 4.74 Å². The fourth-order valence-corrected chi connectivity index (χ4v) is 2.10. The zero-order valence-electron chi connectivity index (χ0n) is 6.10. The number of halogens is 2. The molecule has 3 heteroatoms. The van der Waals surface area contributed by atoms with E-state index >= 15 is 0 Å². The fraction of sp³-hybridized carbons (Fsp3) is 0.250. The van der Waals surface area contributed by atoms with E-state index in [9.17, 15) is 0 Å². The molecule has 0 saturated heterocycles. The van der Waals surface area contributed by atoms with Crippen LogP contribution >= 0.6 is 38.5 Å². The zero-order chi connectivity index (χ0) is 8.27. The number of ether oxygens (including phenoxy) is 1. The molecule has 0 radical (unpaired) electrons. The number of hydrogen-bond donors (Lipinski definition) is 0. The van der Waals surface area contributed by atoms with E-state index in [1.165, 1.54) is 5.56 Å². The van der Waals surface area contributed by atoms with Gasteiger partial charge in [0.2, 0.25) is 0 Å². The van der Waals surface area contributed by atoms with Gasteiger partial charge in [-0.05, 0) is 28.7 Å². The van der Waals surface area contributed by atoms with Crippen LogP contribution in [0.25, 0.3) is 0 Å². The van der Waals surface area contributed by atoms with Crippen LogP contribution in [-0.4, -0.2) is 7.11 Å². The van der Waals surface area contributed by atoms with Gasteiger partial charge in [-0.3, -0.25) is 0 Å². The molecule has 0 spiro atoms. The van der Waals surface area contributed by atoms with E-state index in [0.29, 0.717) is 0 Å². The molecule has 0 atom stereocenters. The predicted octanol–water partition coefficient (Wildman–Crippen LogP) is 3.19. The number of alkyl halides is 1. The Morgan fingerprint density at radius 1 is 1.55 bits per heavy atom. The molecular weight excluding hydrogens is 319 g/mol. The van der Waals surface area contributed by atoms with Crippen molar-refractivity contribution < 1.29 is 4.74 Å². The summed E-state index contributed by atoms with van der Waals surface area (Å²) in [5, 5.41) is 0.840. The monoisotopic (exact) mass is 326 g/mol. The van der Waals surface area contributed by atoms with Crippen molar-refractivity contribution in [2.45, 2.75) is 5.33 Å². The minimum atomic E-state index is 0.840. The summed E-state index contributed by atoms with van der Waals surface area (Å²) < 4.78 is 6.38. The fourth-order valence-electron chi connectivity index (χ4n) is 0.887. The molecular formula is C8H8BrIO. The lowest BCUT2D eigenvalue weighted by atomic mass is 10.2. The summed E-state index contributed by atoms with van der Waals surface area (Å²) in [7, 11) is 1.70. The zero-order valence-corrected chi connectivity index (χ0v) is 9.85. The lowest BCUT2D eigenvalue weighted by Crippen LogP contribution is -1.91. The van der Waals surface area contributed by atoms with E-state index in [2.05, 4.69) is 44.6 Å². The number of rotatable bonds is 2. The molecule has 0 unspecified atom stereocenters. The number of benzene rings is 1. The summed E-state index contributed by atoms with van der Waals surface area (Å²) in [6, 6.07) is 6.11. The lowest BCUT2D eigenvalue weighted by molar-refractivity contribution is 0.408. The number of hydrogen-bond acceptors (Lipinski definition) is 1. The van der Waals surface area contributed by atoms with Crippen LogP contribution in [-0.2, 0) is 5.33 Å². The van der Waals surface area contributed by atoms with Gasteiger partial charge in [-0.25, -0.2) is 0 Å². The highest BCUT2D eigenvalue weighted by atomic mass is 127. The lowest BCUT2D eigenvalue weighted by Gasteiger charge is -2.06. The minimum Gasteiger partial charge on any atom is -0.495 e. The second kappa shape index (κ2) is 4.30. The van der Waals surface area contributed by atoms with Gasteiger partial charge in [-0.15, -0.1) is 0 Å². The Kier molecular flexibility index (Phi) is 3.65. The van der Waals surface area contributed by atoms with Crippen molar-refractivity contribution in [1.82, 2.24) is 0 Å². The Morgan fingerprint density at radius 2 is 2.27 bits per heavy atom. The van der Waals surface area contributed by atoms with E-state index in [4.69, 9.17) is 4.74 Å². The van der Waals surface area contributed by atoms with Crippen molar-refractivity contribution in [3.05, 3.63) is 27.3 Å². The summed E-state index contributed by atoms with van der Waals surface area (Å²) in [4.78, 5) is 0. The van der Waals surface area contributed by atoms with Gasteiger partial charge in [-0.1, -0.05) is 28.1 Å². The first-order valence-corrected chi connectivity index (χ1v) is 5.37. The van der Waals surface area contributed by atoms with Gasteiger partial charge < -0.3 is 4.74 Å². The maximum atomic E-state index is 5.23. The third-order valence-electron chi connectivity index (χ3n) is 1.40. The summed E-state index contributed by atoms with van der Waals surface area (Å²) >= 11 is 5.66. The van der Waals surface area contributed by atoms with Gasteiger partial charge in [0.05, 0.1) is 10.7 Å². The number of para-hydroxylation sites is 1. The molecule has 11 heavy (non-hydrogen) atoms. The molecule has 0 fully saturated rings. The van der Waals surface area contributed by atoms with E-state index in [1.54, 1.807) is 7.11 Å². The first-order valence-electron chi connectivity index (χ1n) is 3.17. The van der Waals surface area contributed by atoms with Crippen LogP contribution in [0.5, 0.6) is 5.75 Å². The standard InChI is InChI=1S/C8H8BrIO/c1-11-8-6(5-9)3-2-4-7(8)10/h2-4H,5H2,1H3. The van der Waals surface area contributed by atoms with Gasteiger partial charge in [0.15, 0.2) is 0 Å². The maximum absolute atomic E-state index is 5.23. The topological polar surface area (TPSA) is 9.23 Å². The summed E-state index contributed by atoms with van der Waals surface area (Å²) in [5.74, 6) is 0.977. The van der Waals surface area contributed by atoms with Crippen molar-refractivity contribution in [3.63, 3.8) is 0 Å². The molecule has 1 rings (SSSR count). The van der Waals surface area contributed by atoms with Crippen molar-refractivity contribution in [2.24, 2.45) is 0 Å². The molecule has 0 aliphatic heterocycles. The molecule has 1 aromatic carbocycles. The van der Waals surface area contributed by atoms with Crippen LogP contribution in [0.2, 0.25) is 0 Å². The largest absolute Gasteiger partial charge is 0.495 e. The minimum absolute atomic E-state index is 0.840. The van der Waals surface area contributed by atoms with Crippen LogP contribution in [0.15, 0.2) is 18.2 Å². The summed E-state index contributed by atoms with van der Waals surface area (Å²) in [6.07, 6.45) is 0. The molecule has 0 aromatic heterocycles. The van der Waals surface area contributed by atoms with Crippen LogP contribution in [0.3, 0.4) is 0 Å². The van der Waals surface area contributed by atoms with Crippen molar-refractivity contribution in [2.75, 3.05) is 7.11 Å². The van der Waals surface area contributed by atoms with Crippen LogP contribution in [0.4, 0.5) is 0 Å². The molecule has 0 aliphatic carbocycles.